The Labute approximate surface area is 147 Å². The minimum Gasteiger partial charge on any atom is -0.309 e. The van der Waals surface area contributed by atoms with Gasteiger partial charge in [0.05, 0.1) is 11.6 Å². The second kappa shape index (κ2) is 7.73. The van der Waals surface area contributed by atoms with Crippen molar-refractivity contribution in [1.29, 1.82) is 5.26 Å². The zero-order chi connectivity index (χ0) is 17.6. The molecular weight excluding hydrogens is 308 g/mol. The number of rotatable bonds is 5. The summed E-state index contributed by atoms with van der Waals surface area (Å²) >= 11 is 0. The van der Waals surface area contributed by atoms with E-state index < -0.39 is 0 Å². The Kier molecular flexibility index (Phi) is 5.22. The molecule has 25 heavy (non-hydrogen) atoms. The Morgan fingerprint density at radius 2 is 1.36 bits per heavy atom. The van der Waals surface area contributed by atoms with Crippen LogP contribution in [-0.4, -0.2) is 0 Å². The van der Waals surface area contributed by atoms with E-state index in [2.05, 4.69) is 12.1 Å². The maximum absolute atomic E-state index is 8.91. The molecule has 0 aliphatic heterocycles. The van der Waals surface area contributed by atoms with Crippen molar-refractivity contribution in [2.75, 3.05) is 0 Å². The highest BCUT2D eigenvalue weighted by Gasteiger charge is 2.16. The number of quaternary nitrogens is 1. The van der Waals surface area contributed by atoms with Gasteiger partial charge in [-0.1, -0.05) is 60.7 Å². The summed E-state index contributed by atoms with van der Waals surface area (Å²) in [5.41, 5.74) is 17.4. The van der Waals surface area contributed by atoms with Crippen molar-refractivity contribution in [1.82, 2.24) is 0 Å². The third-order valence-electron chi connectivity index (χ3n) is 4.22. The van der Waals surface area contributed by atoms with Gasteiger partial charge in [-0.2, -0.15) is 5.26 Å². The lowest BCUT2D eigenvalue weighted by Crippen LogP contribution is -2.90. The topological polar surface area (TPSA) is 92.4 Å². The third kappa shape index (κ3) is 4.11. The van der Waals surface area contributed by atoms with Crippen molar-refractivity contribution in [3.05, 3.63) is 95.6 Å². The van der Waals surface area contributed by atoms with E-state index >= 15 is 0 Å². The molecule has 6 N–H and O–H groups in total. The van der Waals surface area contributed by atoms with Gasteiger partial charge in [-0.25, -0.2) is 0 Å². The van der Waals surface area contributed by atoms with Crippen LogP contribution >= 0.6 is 0 Å². The number of benzene rings is 3. The van der Waals surface area contributed by atoms with Crippen LogP contribution in [0.25, 0.3) is 11.1 Å². The third-order valence-corrected chi connectivity index (χ3v) is 4.22. The molecule has 0 saturated heterocycles. The van der Waals surface area contributed by atoms with Gasteiger partial charge in [0.2, 0.25) is 0 Å². The van der Waals surface area contributed by atoms with Gasteiger partial charge < -0.3 is 5.32 Å². The van der Waals surface area contributed by atoms with Crippen LogP contribution in [0.4, 0.5) is 0 Å². The number of hydrogen-bond donors (Lipinski definition) is 3. The minimum atomic E-state index is -0.256. The van der Waals surface area contributed by atoms with E-state index in [0.29, 0.717) is 5.56 Å². The van der Waals surface area contributed by atoms with E-state index in [0.717, 1.165) is 22.3 Å². The summed E-state index contributed by atoms with van der Waals surface area (Å²) in [7, 11) is 0. The fourth-order valence-corrected chi connectivity index (χ4v) is 2.78. The van der Waals surface area contributed by atoms with E-state index in [1.165, 1.54) is 0 Å². The minimum absolute atomic E-state index is 0.213. The van der Waals surface area contributed by atoms with Crippen LogP contribution in [0.15, 0.2) is 78.9 Å². The molecule has 0 aliphatic rings. The smallest absolute Gasteiger partial charge is 0.165 e. The molecule has 0 amide bonds. The summed E-state index contributed by atoms with van der Waals surface area (Å²) in [5, 5.41) is 10.9. The number of nitrogens with zero attached hydrogens (tertiary/aromatic N) is 1. The molecule has 3 aromatic carbocycles. The lowest BCUT2D eigenvalue weighted by molar-refractivity contribution is -0.733. The van der Waals surface area contributed by atoms with Crippen molar-refractivity contribution in [3.63, 3.8) is 0 Å². The summed E-state index contributed by atoms with van der Waals surface area (Å²) in [6.45, 7) is 0. The van der Waals surface area contributed by atoms with Gasteiger partial charge in [-0.15, -0.1) is 0 Å². The predicted molar refractivity (Wildman–Crippen MR) is 98.8 cm³/mol. The first-order chi connectivity index (χ1) is 12.2. The molecule has 0 spiro atoms. The van der Waals surface area contributed by atoms with E-state index in [9.17, 15) is 0 Å². The highest BCUT2D eigenvalue weighted by atomic mass is 15.1. The molecule has 0 aliphatic carbocycles. The quantitative estimate of drug-likeness (QED) is 0.628. The van der Waals surface area contributed by atoms with E-state index in [4.69, 9.17) is 16.7 Å². The van der Waals surface area contributed by atoms with Crippen LogP contribution in [0.5, 0.6) is 0 Å². The van der Waals surface area contributed by atoms with Gasteiger partial charge in [0, 0.05) is 11.1 Å². The molecule has 0 aromatic heterocycles. The molecule has 3 rings (SSSR count). The highest BCUT2D eigenvalue weighted by molar-refractivity contribution is 5.65. The Bertz CT molecular complexity index is 866. The van der Waals surface area contributed by atoms with Crippen LogP contribution in [-0.2, 0) is 0 Å². The number of hydrogen-bond acceptors (Lipinski definition) is 3. The van der Waals surface area contributed by atoms with Crippen molar-refractivity contribution >= 4 is 0 Å². The van der Waals surface area contributed by atoms with Crippen LogP contribution in [0.1, 0.15) is 29.0 Å². The van der Waals surface area contributed by atoms with Gasteiger partial charge in [0.15, 0.2) is 12.3 Å². The molecule has 4 nitrogen and oxygen atoms in total. The zero-order valence-corrected chi connectivity index (χ0v) is 13.8. The van der Waals surface area contributed by atoms with Crippen molar-refractivity contribution in [2.24, 2.45) is 11.5 Å². The Hall–Kier alpha value is -2.97. The second-order valence-electron chi connectivity index (χ2n) is 5.97. The molecule has 0 radical (unpaired) electrons. The largest absolute Gasteiger partial charge is 0.309 e. The van der Waals surface area contributed by atoms with Crippen LogP contribution in [0.3, 0.4) is 0 Å². The average Bonchev–Trinajstić information content (AvgIpc) is 2.68. The Morgan fingerprint density at radius 3 is 2.04 bits per heavy atom. The van der Waals surface area contributed by atoms with Crippen LogP contribution in [0.2, 0.25) is 0 Å². The Morgan fingerprint density at radius 1 is 0.720 bits per heavy atom. The predicted octanol–water partition coefficient (Wildman–Crippen LogP) is 2.40. The number of nitrogens with two attached hydrogens (primary N) is 3. The van der Waals surface area contributed by atoms with Crippen LogP contribution in [0, 0.1) is 11.3 Å². The zero-order valence-electron chi connectivity index (χ0n) is 13.8. The lowest BCUT2D eigenvalue weighted by Gasteiger charge is -2.17. The van der Waals surface area contributed by atoms with Crippen molar-refractivity contribution < 1.29 is 5.32 Å². The molecule has 0 fully saturated rings. The summed E-state index contributed by atoms with van der Waals surface area (Å²) in [6.07, 6.45) is -0.469. The maximum Gasteiger partial charge on any atom is 0.165 e. The van der Waals surface area contributed by atoms with Gasteiger partial charge in [-0.3, -0.25) is 11.5 Å². The van der Waals surface area contributed by atoms with Gasteiger partial charge in [0.25, 0.3) is 0 Å². The molecule has 2 atom stereocenters. The monoisotopic (exact) mass is 329 g/mol. The fourth-order valence-electron chi connectivity index (χ4n) is 2.78. The van der Waals surface area contributed by atoms with Crippen molar-refractivity contribution in [3.8, 4) is 17.2 Å². The summed E-state index contributed by atoms with van der Waals surface area (Å²) in [5.74, 6) is 0. The normalized spacial score (nSPS) is 13.0. The first-order valence-electron chi connectivity index (χ1n) is 8.19. The molecule has 2 unspecified atom stereocenters. The van der Waals surface area contributed by atoms with E-state index in [1.807, 2.05) is 78.1 Å². The van der Waals surface area contributed by atoms with E-state index in [-0.39, 0.29) is 12.3 Å². The standard InChI is InChI=1S/C21H20N4/c22-14-15-9-11-16(12-10-15)18-7-4-8-19(13-18)21(24)25-20(23)17-5-2-1-3-6-17/h1-13,20-21,25H,23-24H2/p+1. The first-order valence-corrected chi connectivity index (χ1v) is 8.19. The van der Waals surface area contributed by atoms with Crippen molar-refractivity contribution in [2.45, 2.75) is 12.3 Å². The van der Waals surface area contributed by atoms with Gasteiger partial charge >= 0.3 is 0 Å². The maximum atomic E-state index is 8.91. The fraction of sp³-hybridized carbons (Fsp3) is 0.0952. The van der Waals surface area contributed by atoms with E-state index in [1.54, 1.807) is 0 Å². The molecule has 0 bridgehead atoms. The van der Waals surface area contributed by atoms with Crippen LogP contribution < -0.4 is 16.8 Å². The van der Waals surface area contributed by atoms with Gasteiger partial charge in [-0.05, 0) is 29.3 Å². The van der Waals surface area contributed by atoms with Gasteiger partial charge in [0.1, 0.15) is 0 Å². The first kappa shape index (κ1) is 16.9. The molecule has 124 valence electrons. The Balaban J connectivity index is 1.77. The molecule has 4 heteroatoms. The second-order valence-corrected chi connectivity index (χ2v) is 5.97. The summed E-state index contributed by atoms with van der Waals surface area (Å²) in [4.78, 5) is 0. The average molecular weight is 329 g/mol. The molecule has 0 heterocycles. The SMILES string of the molecule is N#Cc1ccc(-c2cccc(C(N)[NH2+]C(N)c3ccccc3)c2)cc1. The molecular formula is C21H21N4+. The molecule has 3 aromatic rings. The highest BCUT2D eigenvalue weighted by Crippen LogP contribution is 2.22. The summed E-state index contributed by atoms with van der Waals surface area (Å²) in [6, 6.07) is 27.7. The lowest BCUT2D eigenvalue weighted by atomic mass is 10.0. The number of nitriles is 1. The summed E-state index contributed by atoms with van der Waals surface area (Å²) < 4.78 is 0. The molecule has 0 saturated carbocycles.